The summed E-state index contributed by atoms with van der Waals surface area (Å²) in [4.78, 5) is 2.47. The van der Waals surface area contributed by atoms with E-state index in [0.717, 1.165) is 17.9 Å². The van der Waals surface area contributed by atoms with Crippen LogP contribution in [0.5, 0.6) is 5.75 Å². The zero-order valence-corrected chi connectivity index (χ0v) is 11.5. The van der Waals surface area contributed by atoms with E-state index in [1.165, 1.54) is 37.9 Å². The molecule has 1 aliphatic rings. The number of ether oxygens (including phenoxy) is 1. The number of benzene rings is 1. The van der Waals surface area contributed by atoms with Gasteiger partial charge in [-0.3, -0.25) is 0 Å². The van der Waals surface area contributed by atoms with Crippen molar-refractivity contribution in [3.05, 3.63) is 29.3 Å². The van der Waals surface area contributed by atoms with Gasteiger partial charge in [0.25, 0.3) is 0 Å². The Labute approximate surface area is 110 Å². The van der Waals surface area contributed by atoms with Crippen molar-refractivity contribution in [2.45, 2.75) is 32.2 Å². The Morgan fingerprint density at radius 1 is 1.28 bits per heavy atom. The van der Waals surface area contributed by atoms with Gasteiger partial charge in [-0.1, -0.05) is 24.1 Å². The Kier molecular flexibility index (Phi) is 4.61. The van der Waals surface area contributed by atoms with E-state index in [1.54, 1.807) is 7.11 Å². The van der Waals surface area contributed by atoms with Gasteiger partial charge in [-0.2, -0.15) is 0 Å². The molecule has 1 saturated heterocycles. The zero-order valence-electron chi connectivity index (χ0n) is 11.5. The summed E-state index contributed by atoms with van der Waals surface area (Å²) in [6.45, 7) is 5.39. The Morgan fingerprint density at radius 3 is 2.67 bits per heavy atom. The predicted octanol–water partition coefficient (Wildman–Crippen LogP) is 2.49. The first-order valence-corrected chi connectivity index (χ1v) is 6.83. The van der Waals surface area contributed by atoms with Crippen molar-refractivity contribution in [1.82, 2.24) is 4.90 Å². The standard InChI is InChI=1S/C15H24N2O/c1-12-6-7-15(18-2)13(10-12)14(16)11-17-8-4-3-5-9-17/h6-7,10,14H,3-5,8-9,11,16H2,1-2H3. The summed E-state index contributed by atoms with van der Waals surface area (Å²) in [6, 6.07) is 6.27. The van der Waals surface area contributed by atoms with Gasteiger partial charge in [0.05, 0.1) is 7.11 Å². The summed E-state index contributed by atoms with van der Waals surface area (Å²) in [5, 5.41) is 0. The van der Waals surface area contributed by atoms with Crippen molar-refractivity contribution in [3.8, 4) is 5.75 Å². The lowest BCUT2D eigenvalue weighted by atomic mass is 10.0. The minimum atomic E-state index is 0.0398. The number of methoxy groups -OCH3 is 1. The molecule has 0 spiro atoms. The van der Waals surface area contributed by atoms with E-state index >= 15 is 0 Å². The minimum Gasteiger partial charge on any atom is -0.496 e. The lowest BCUT2D eigenvalue weighted by Gasteiger charge is -2.29. The molecule has 0 aliphatic carbocycles. The fraction of sp³-hybridized carbons (Fsp3) is 0.600. The summed E-state index contributed by atoms with van der Waals surface area (Å²) in [5.74, 6) is 0.908. The molecule has 1 unspecified atom stereocenters. The van der Waals surface area contributed by atoms with Crippen LogP contribution >= 0.6 is 0 Å². The highest BCUT2D eigenvalue weighted by Crippen LogP contribution is 2.26. The molecule has 1 atom stereocenters. The van der Waals surface area contributed by atoms with Crippen LogP contribution in [0, 0.1) is 6.92 Å². The van der Waals surface area contributed by atoms with Gasteiger partial charge < -0.3 is 15.4 Å². The number of piperidine rings is 1. The second-order valence-electron chi connectivity index (χ2n) is 5.21. The second-order valence-corrected chi connectivity index (χ2v) is 5.21. The summed E-state index contributed by atoms with van der Waals surface area (Å²) >= 11 is 0. The summed E-state index contributed by atoms with van der Waals surface area (Å²) in [6.07, 6.45) is 3.97. The van der Waals surface area contributed by atoms with E-state index in [4.69, 9.17) is 10.5 Å². The first-order chi connectivity index (χ1) is 8.70. The van der Waals surface area contributed by atoms with Crippen LogP contribution in [0.15, 0.2) is 18.2 Å². The average Bonchev–Trinajstić information content (AvgIpc) is 2.40. The van der Waals surface area contributed by atoms with Crippen LogP contribution in [-0.4, -0.2) is 31.6 Å². The van der Waals surface area contributed by atoms with E-state index in [0.29, 0.717) is 0 Å². The fourth-order valence-electron chi connectivity index (χ4n) is 2.66. The maximum Gasteiger partial charge on any atom is 0.123 e. The van der Waals surface area contributed by atoms with Gasteiger partial charge >= 0.3 is 0 Å². The number of rotatable bonds is 4. The third-order valence-electron chi connectivity index (χ3n) is 3.69. The topological polar surface area (TPSA) is 38.5 Å². The van der Waals surface area contributed by atoms with Gasteiger partial charge in [0.2, 0.25) is 0 Å². The molecule has 18 heavy (non-hydrogen) atoms. The Hall–Kier alpha value is -1.06. The molecule has 100 valence electrons. The SMILES string of the molecule is COc1ccc(C)cc1C(N)CN1CCCCC1. The lowest BCUT2D eigenvalue weighted by molar-refractivity contribution is 0.215. The van der Waals surface area contributed by atoms with Crippen LogP contribution < -0.4 is 10.5 Å². The average molecular weight is 248 g/mol. The van der Waals surface area contributed by atoms with Crippen molar-refractivity contribution in [3.63, 3.8) is 0 Å². The molecule has 1 fully saturated rings. The third-order valence-corrected chi connectivity index (χ3v) is 3.69. The molecule has 2 N–H and O–H groups in total. The summed E-state index contributed by atoms with van der Waals surface area (Å²) in [5.41, 5.74) is 8.71. The molecule has 0 radical (unpaired) electrons. The highest BCUT2D eigenvalue weighted by atomic mass is 16.5. The molecular weight excluding hydrogens is 224 g/mol. The monoisotopic (exact) mass is 248 g/mol. The minimum absolute atomic E-state index is 0.0398. The second kappa shape index (κ2) is 6.21. The van der Waals surface area contributed by atoms with Gasteiger partial charge in [0.1, 0.15) is 5.75 Å². The quantitative estimate of drug-likeness (QED) is 0.889. The molecule has 1 aromatic rings. The first-order valence-electron chi connectivity index (χ1n) is 6.83. The molecule has 0 saturated carbocycles. The van der Waals surface area contributed by atoms with Crippen LogP contribution in [0.4, 0.5) is 0 Å². The molecule has 1 aromatic carbocycles. The zero-order chi connectivity index (χ0) is 13.0. The normalized spacial score (nSPS) is 18.6. The maximum absolute atomic E-state index is 6.35. The van der Waals surface area contributed by atoms with Crippen LogP contribution in [0.25, 0.3) is 0 Å². The smallest absolute Gasteiger partial charge is 0.123 e. The maximum atomic E-state index is 6.35. The molecule has 0 aromatic heterocycles. The molecule has 3 heteroatoms. The van der Waals surface area contributed by atoms with E-state index in [2.05, 4.69) is 24.0 Å². The predicted molar refractivity (Wildman–Crippen MR) is 75.0 cm³/mol. The van der Waals surface area contributed by atoms with E-state index in [9.17, 15) is 0 Å². The lowest BCUT2D eigenvalue weighted by Crippen LogP contribution is -2.36. The molecule has 0 bridgehead atoms. The van der Waals surface area contributed by atoms with E-state index in [-0.39, 0.29) is 6.04 Å². The van der Waals surface area contributed by atoms with Gasteiger partial charge in [0, 0.05) is 18.2 Å². The molecule has 0 amide bonds. The Balaban J connectivity index is 2.07. The van der Waals surface area contributed by atoms with Crippen molar-refractivity contribution in [2.24, 2.45) is 5.73 Å². The molecule has 1 aliphatic heterocycles. The summed E-state index contributed by atoms with van der Waals surface area (Å²) < 4.78 is 5.41. The number of hydrogen-bond acceptors (Lipinski definition) is 3. The number of hydrogen-bond donors (Lipinski definition) is 1. The highest BCUT2D eigenvalue weighted by molar-refractivity contribution is 5.39. The molecular formula is C15H24N2O. The van der Waals surface area contributed by atoms with Crippen LogP contribution in [0.1, 0.15) is 36.4 Å². The van der Waals surface area contributed by atoms with E-state index < -0.39 is 0 Å². The first kappa shape index (κ1) is 13.4. The number of likely N-dealkylation sites (tertiary alicyclic amines) is 1. The van der Waals surface area contributed by atoms with Gasteiger partial charge in [-0.25, -0.2) is 0 Å². The molecule has 3 nitrogen and oxygen atoms in total. The van der Waals surface area contributed by atoms with Crippen molar-refractivity contribution >= 4 is 0 Å². The number of nitrogens with two attached hydrogens (primary N) is 1. The Morgan fingerprint density at radius 2 is 2.00 bits per heavy atom. The fourth-order valence-corrected chi connectivity index (χ4v) is 2.66. The Bertz CT molecular complexity index is 386. The number of aryl methyl sites for hydroxylation is 1. The summed E-state index contributed by atoms with van der Waals surface area (Å²) in [7, 11) is 1.71. The van der Waals surface area contributed by atoms with Gasteiger partial charge in [-0.05, 0) is 38.9 Å². The van der Waals surface area contributed by atoms with Crippen molar-refractivity contribution in [1.29, 1.82) is 0 Å². The molecule has 1 heterocycles. The largest absolute Gasteiger partial charge is 0.496 e. The van der Waals surface area contributed by atoms with Gasteiger partial charge in [0.15, 0.2) is 0 Å². The van der Waals surface area contributed by atoms with Crippen molar-refractivity contribution in [2.75, 3.05) is 26.7 Å². The van der Waals surface area contributed by atoms with E-state index in [1.807, 2.05) is 6.07 Å². The van der Waals surface area contributed by atoms with Crippen LogP contribution in [0.3, 0.4) is 0 Å². The van der Waals surface area contributed by atoms with Crippen molar-refractivity contribution < 1.29 is 4.74 Å². The third kappa shape index (κ3) is 3.24. The van der Waals surface area contributed by atoms with Crippen LogP contribution in [0.2, 0.25) is 0 Å². The molecule has 2 rings (SSSR count). The van der Waals surface area contributed by atoms with Gasteiger partial charge in [-0.15, -0.1) is 0 Å². The van der Waals surface area contributed by atoms with Crippen LogP contribution in [-0.2, 0) is 0 Å². The number of nitrogens with zero attached hydrogens (tertiary/aromatic N) is 1. The highest BCUT2D eigenvalue weighted by Gasteiger charge is 2.17.